The highest BCUT2D eigenvalue weighted by atomic mass is 19.1. The number of nitrogens with two attached hydrogens (primary N) is 1. The van der Waals surface area contributed by atoms with Gasteiger partial charge in [-0.15, -0.1) is 0 Å². The van der Waals surface area contributed by atoms with E-state index in [0.29, 0.717) is 12.1 Å². The molecule has 4 atom stereocenters. The zero-order valence-corrected chi connectivity index (χ0v) is 10.0. The van der Waals surface area contributed by atoms with Gasteiger partial charge >= 0.3 is 0 Å². The molecule has 2 rings (SSSR count). The topological polar surface area (TPSA) is 136 Å². The molecule has 1 fully saturated rings. The van der Waals surface area contributed by atoms with Gasteiger partial charge in [0.05, 0.1) is 18.4 Å². The minimum atomic E-state index is -1.19. The van der Waals surface area contributed by atoms with Crippen molar-refractivity contribution in [2.75, 3.05) is 6.61 Å². The zero-order valence-electron chi connectivity index (χ0n) is 10.0. The van der Waals surface area contributed by atoms with E-state index in [2.05, 4.69) is 15.6 Å². The molecule has 0 bridgehead atoms. The summed E-state index contributed by atoms with van der Waals surface area (Å²) in [5, 5.41) is 31.8. The lowest BCUT2D eigenvalue weighted by molar-refractivity contribution is -0.0141. The maximum atomic E-state index is 12.4. The molecule has 0 spiro atoms. The van der Waals surface area contributed by atoms with Crippen LogP contribution in [0.2, 0.25) is 0 Å². The second kappa shape index (κ2) is 5.51. The molecule has 7 N–H and O–H groups in total. The average Bonchev–Trinajstić information content (AvgIpc) is 2.93. The molecule has 0 aromatic carbocycles. The maximum absolute atomic E-state index is 12.4. The van der Waals surface area contributed by atoms with Crippen LogP contribution < -0.4 is 16.4 Å². The van der Waals surface area contributed by atoms with E-state index in [0.717, 1.165) is 0 Å². The van der Waals surface area contributed by atoms with Crippen molar-refractivity contribution in [3.8, 4) is 0 Å². The molecule has 19 heavy (non-hydrogen) atoms. The van der Waals surface area contributed by atoms with Crippen LogP contribution in [0.15, 0.2) is 16.9 Å². The lowest BCUT2D eigenvalue weighted by Gasteiger charge is -2.16. The fourth-order valence-electron chi connectivity index (χ4n) is 2.03. The van der Waals surface area contributed by atoms with Crippen molar-refractivity contribution < 1.29 is 19.3 Å². The number of rotatable bonds is 3. The Morgan fingerprint density at radius 2 is 2.42 bits per heavy atom. The molecule has 0 saturated carbocycles. The van der Waals surface area contributed by atoms with Crippen LogP contribution in [0.3, 0.4) is 0 Å². The van der Waals surface area contributed by atoms with Crippen molar-refractivity contribution in [3.05, 3.63) is 11.9 Å². The molecule has 0 aliphatic carbocycles. The second-order valence-corrected chi connectivity index (χ2v) is 4.31. The van der Waals surface area contributed by atoms with Crippen LogP contribution in [-0.2, 0) is 4.74 Å². The van der Waals surface area contributed by atoms with Crippen LogP contribution in [0.1, 0.15) is 6.42 Å². The maximum Gasteiger partial charge on any atom is 0.281 e. The molecule has 2 aliphatic rings. The Kier molecular flexibility index (Phi) is 3.98. The van der Waals surface area contributed by atoms with Crippen LogP contribution in [-0.4, -0.2) is 53.2 Å². The van der Waals surface area contributed by atoms with E-state index in [4.69, 9.17) is 21.0 Å². The monoisotopic (exact) mass is 273 g/mol. The second-order valence-electron chi connectivity index (χ2n) is 4.31. The van der Waals surface area contributed by atoms with Gasteiger partial charge in [0.2, 0.25) is 0 Å². The zero-order chi connectivity index (χ0) is 14.0. The van der Waals surface area contributed by atoms with E-state index >= 15 is 0 Å². The smallest absolute Gasteiger partial charge is 0.281 e. The van der Waals surface area contributed by atoms with E-state index in [1.165, 1.54) is 0 Å². The molecule has 8 nitrogen and oxygen atoms in total. The summed E-state index contributed by atoms with van der Waals surface area (Å²) in [6, 6.07) is 0. The van der Waals surface area contributed by atoms with E-state index < -0.39 is 30.6 Å². The predicted molar refractivity (Wildman–Crippen MR) is 65.0 cm³/mol. The van der Waals surface area contributed by atoms with E-state index in [1.54, 1.807) is 6.20 Å². The molecule has 106 valence electrons. The van der Waals surface area contributed by atoms with Gasteiger partial charge in [0.1, 0.15) is 12.2 Å². The standard InChI is InChI=1S/C10H16FN5O3/c11-10(13)16-8(12)9-14-2-4(15-9)6-1-5(18)7(3-17)19-6/h2,5-7,9,14-15,17-18H,1,3H2,(H3,12,13,16)/t5-,6+,7+,9?/m0/s1. The number of hydrogen-bond acceptors (Lipinski definition) is 6. The van der Waals surface area contributed by atoms with E-state index in [9.17, 15) is 9.50 Å². The Labute approximate surface area is 108 Å². The van der Waals surface area contributed by atoms with Crippen molar-refractivity contribution in [1.29, 1.82) is 5.41 Å². The average molecular weight is 273 g/mol. The summed E-state index contributed by atoms with van der Waals surface area (Å²) < 4.78 is 17.8. The van der Waals surface area contributed by atoms with Crippen LogP contribution in [0.25, 0.3) is 0 Å². The number of halogens is 1. The van der Waals surface area contributed by atoms with E-state index in [1.807, 2.05) is 0 Å². The Hall–Kier alpha value is -1.71. The Morgan fingerprint density at radius 3 is 3.00 bits per heavy atom. The number of aliphatic hydroxyl groups excluding tert-OH is 2. The molecule has 1 unspecified atom stereocenters. The van der Waals surface area contributed by atoms with Gasteiger partial charge in [-0.1, -0.05) is 0 Å². The van der Waals surface area contributed by atoms with Crippen LogP contribution in [0, 0.1) is 5.41 Å². The number of aliphatic imine (C=N–C) groups is 1. The third kappa shape index (κ3) is 3.00. The van der Waals surface area contributed by atoms with Gasteiger partial charge in [-0.25, -0.2) is 0 Å². The number of nitrogens with zero attached hydrogens (tertiary/aromatic N) is 1. The van der Waals surface area contributed by atoms with Crippen molar-refractivity contribution in [2.45, 2.75) is 30.9 Å². The molecule has 0 amide bonds. The van der Waals surface area contributed by atoms with Gasteiger partial charge in [-0.05, 0) is 0 Å². The minimum Gasteiger partial charge on any atom is -0.394 e. The molecule has 9 heteroatoms. The number of hydrogen-bond donors (Lipinski definition) is 6. The fourth-order valence-corrected chi connectivity index (χ4v) is 2.03. The summed E-state index contributed by atoms with van der Waals surface area (Å²) in [7, 11) is 0. The first-order valence-corrected chi connectivity index (χ1v) is 5.76. The van der Waals surface area contributed by atoms with Crippen molar-refractivity contribution in [2.24, 2.45) is 10.7 Å². The normalized spacial score (nSPS) is 34.7. The first-order valence-electron chi connectivity index (χ1n) is 5.76. The quantitative estimate of drug-likeness (QED) is 0.202. The summed E-state index contributed by atoms with van der Waals surface area (Å²) >= 11 is 0. The summed E-state index contributed by atoms with van der Waals surface area (Å²) in [6.45, 7) is -0.264. The number of aliphatic hydroxyl groups is 2. The predicted octanol–water partition coefficient (Wildman–Crippen LogP) is -1.88. The van der Waals surface area contributed by atoms with Crippen molar-refractivity contribution >= 4 is 11.9 Å². The lowest BCUT2D eigenvalue weighted by Crippen LogP contribution is -2.41. The van der Waals surface area contributed by atoms with E-state index in [-0.39, 0.29) is 12.4 Å². The largest absolute Gasteiger partial charge is 0.394 e. The SMILES string of the molecule is N=C(N=C(N)F)C1NC=C([C@H]2C[C@H](O)[C@@H](CO)O2)N1. The molecule has 0 aromatic heterocycles. The Morgan fingerprint density at radius 1 is 1.68 bits per heavy atom. The molecule has 2 heterocycles. The minimum absolute atomic E-state index is 0.264. The molecular weight excluding hydrogens is 257 g/mol. The number of nitrogens with one attached hydrogen (secondary N) is 3. The lowest BCUT2D eigenvalue weighted by atomic mass is 10.1. The highest BCUT2D eigenvalue weighted by Gasteiger charge is 2.37. The third-order valence-corrected chi connectivity index (χ3v) is 2.97. The van der Waals surface area contributed by atoms with Gasteiger partial charge < -0.3 is 31.3 Å². The fraction of sp³-hybridized carbons (Fsp3) is 0.600. The summed E-state index contributed by atoms with van der Waals surface area (Å²) in [6.07, 6.45) is -1.75. The van der Waals surface area contributed by atoms with Gasteiger partial charge in [0.15, 0.2) is 12.0 Å². The highest BCUT2D eigenvalue weighted by Crippen LogP contribution is 2.25. The summed E-state index contributed by atoms with van der Waals surface area (Å²) in [5.41, 5.74) is 5.37. The van der Waals surface area contributed by atoms with Gasteiger partial charge in [0, 0.05) is 12.6 Å². The Bertz CT molecular complexity index is 423. The summed E-state index contributed by atoms with van der Waals surface area (Å²) in [4.78, 5) is 3.19. The van der Waals surface area contributed by atoms with Gasteiger partial charge in [-0.3, -0.25) is 5.41 Å². The number of amidine groups is 2. The van der Waals surface area contributed by atoms with Crippen LogP contribution >= 0.6 is 0 Å². The molecule has 2 aliphatic heterocycles. The van der Waals surface area contributed by atoms with Crippen LogP contribution in [0.5, 0.6) is 0 Å². The van der Waals surface area contributed by atoms with Crippen molar-refractivity contribution in [3.63, 3.8) is 0 Å². The van der Waals surface area contributed by atoms with Crippen LogP contribution in [0.4, 0.5) is 4.39 Å². The Balaban J connectivity index is 1.92. The molecule has 0 aromatic rings. The molecule has 1 saturated heterocycles. The first kappa shape index (κ1) is 13.7. The number of ether oxygens (including phenoxy) is 1. The van der Waals surface area contributed by atoms with Gasteiger partial charge in [-0.2, -0.15) is 9.38 Å². The summed E-state index contributed by atoms with van der Waals surface area (Å²) in [5.74, 6) is -0.302. The van der Waals surface area contributed by atoms with Crippen molar-refractivity contribution in [1.82, 2.24) is 10.6 Å². The van der Waals surface area contributed by atoms with Gasteiger partial charge in [0.25, 0.3) is 6.09 Å². The molecular formula is C10H16FN5O3. The molecule has 0 radical (unpaired) electrons. The highest BCUT2D eigenvalue weighted by molar-refractivity contribution is 5.94. The first-order chi connectivity index (χ1) is 9.01. The third-order valence-electron chi connectivity index (χ3n) is 2.97.